The number of thiazole rings is 1. The molecule has 0 fully saturated rings. The number of halogens is 2. The van der Waals surface area contributed by atoms with Crippen LogP contribution in [0.5, 0.6) is 0 Å². The van der Waals surface area contributed by atoms with Crippen LogP contribution in [0.3, 0.4) is 0 Å². The lowest BCUT2D eigenvalue weighted by molar-refractivity contribution is 0.0987. The first kappa shape index (κ1) is 10.9. The molecule has 0 aliphatic carbocycles. The van der Waals surface area contributed by atoms with E-state index in [1.165, 1.54) is 29.0 Å². The van der Waals surface area contributed by atoms with E-state index in [0.717, 1.165) is 6.07 Å². The van der Waals surface area contributed by atoms with Crippen molar-refractivity contribution in [2.75, 3.05) is 0 Å². The Labute approximate surface area is 94.6 Å². The van der Waals surface area contributed by atoms with Crippen molar-refractivity contribution in [1.82, 2.24) is 4.98 Å². The molecule has 1 aromatic heterocycles. The SMILES string of the molecule is O=C(Cc1cccc(F)c1F)c1cscn1. The molecule has 0 radical (unpaired) electrons. The van der Waals surface area contributed by atoms with Crippen LogP contribution in [0.1, 0.15) is 16.1 Å². The van der Waals surface area contributed by atoms with Crippen molar-refractivity contribution < 1.29 is 13.6 Å². The molecule has 5 heteroatoms. The molecule has 1 aromatic carbocycles. The highest BCUT2D eigenvalue weighted by atomic mass is 32.1. The highest BCUT2D eigenvalue weighted by Gasteiger charge is 2.14. The zero-order valence-corrected chi connectivity index (χ0v) is 8.93. The highest BCUT2D eigenvalue weighted by Crippen LogP contribution is 2.14. The van der Waals surface area contributed by atoms with Crippen molar-refractivity contribution in [1.29, 1.82) is 0 Å². The number of aromatic nitrogens is 1. The smallest absolute Gasteiger partial charge is 0.186 e. The van der Waals surface area contributed by atoms with Crippen LogP contribution in [0.15, 0.2) is 29.1 Å². The zero-order chi connectivity index (χ0) is 11.5. The van der Waals surface area contributed by atoms with Gasteiger partial charge < -0.3 is 0 Å². The molecular weight excluding hydrogens is 232 g/mol. The average molecular weight is 239 g/mol. The lowest BCUT2D eigenvalue weighted by Crippen LogP contribution is -2.06. The Balaban J connectivity index is 2.22. The van der Waals surface area contributed by atoms with E-state index in [1.54, 1.807) is 5.38 Å². The van der Waals surface area contributed by atoms with E-state index in [2.05, 4.69) is 4.98 Å². The molecule has 0 saturated carbocycles. The molecule has 82 valence electrons. The number of ketones is 1. The van der Waals surface area contributed by atoms with Crippen molar-refractivity contribution in [3.05, 3.63) is 52.0 Å². The van der Waals surface area contributed by atoms with Crippen molar-refractivity contribution in [3.8, 4) is 0 Å². The standard InChI is InChI=1S/C11H7F2NOS/c12-8-3-1-2-7(11(8)13)4-10(15)9-5-16-6-14-9/h1-3,5-6H,4H2. The van der Waals surface area contributed by atoms with Gasteiger partial charge in [0.25, 0.3) is 0 Å². The van der Waals surface area contributed by atoms with Crippen LogP contribution >= 0.6 is 11.3 Å². The van der Waals surface area contributed by atoms with Crippen LogP contribution in [0.4, 0.5) is 8.78 Å². The quantitative estimate of drug-likeness (QED) is 0.771. The average Bonchev–Trinajstić information content (AvgIpc) is 2.78. The lowest BCUT2D eigenvalue weighted by Gasteiger charge is -2.01. The second-order valence-corrected chi connectivity index (χ2v) is 3.91. The fraction of sp³-hybridized carbons (Fsp3) is 0.0909. The number of Topliss-reactive ketones (excluding diaryl/α,β-unsaturated/α-hetero) is 1. The van der Waals surface area contributed by atoms with Gasteiger partial charge in [-0.15, -0.1) is 11.3 Å². The third-order valence-electron chi connectivity index (χ3n) is 2.10. The number of hydrogen-bond donors (Lipinski definition) is 0. The van der Waals surface area contributed by atoms with Gasteiger partial charge in [0, 0.05) is 11.8 Å². The van der Waals surface area contributed by atoms with Crippen LogP contribution in [0.25, 0.3) is 0 Å². The van der Waals surface area contributed by atoms with Gasteiger partial charge in [0.15, 0.2) is 17.4 Å². The molecule has 2 rings (SSSR count). The molecule has 0 saturated heterocycles. The molecule has 16 heavy (non-hydrogen) atoms. The summed E-state index contributed by atoms with van der Waals surface area (Å²) in [4.78, 5) is 15.4. The molecule has 0 unspecified atom stereocenters. The summed E-state index contributed by atoms with van der Waals surface area (Å²) in [5.74, 6) is -2.22. The number of rotatable bonds is 3. The maximum absolute atomic E-state index is 13.3. The summed E-state index contributed by atoms with van der Waals surface area (Å²) < 4.78 is 26.1. The van der Waals surface area contributed by atoms with Crippen molar-refractivity contribution in [2.24, 2.45) is 0 Å². The Morgan fingerprint density at radius 1 is 1.38 bits per heavy atom. The van der Waals surface area contributed by atoms with E-state index < -0.39 is 11.6 Å². The number of carbonyl (C=O) groups is 1. The summed E-state index contributed by atoms with van der Waals surface area (Å²) >= 11 is 1.29. The van der Waals surface area contributed by atoms with E-state index in [1.807, 2.05) is 0 Å². The van der Waals surface area contributed by atoms with E-state index in [4.69, 9.17) is 0 Å². The van der Waals surface area contributed by atoms with E-state index >= 15 is 0 Å². The number of nitrogens with zero attached hydrogens (tertiary/aromatic N) is 1. The maximum atomic E-state index is 13.3. The van der Waals surface area contributed by atoms with Gasteiger partial charge in [-0.25, -0.2) is 13.8 Å². The second-order valence-electron chi connectivity index (χ2n) is 3.19. The highest BCUT2D eigenvalue weighted by molar-refractivity contribution is 7.07. The summed E-state index contributed by atoms with van der Waals surface area (Å²) in [7, 11) is 0. The zero-order valence-electron chi connectivity index (χ0n) is 8.11. The monoisotopic (exact) mass is 239 g/mol. The second kappa shape index (κ2) is 4.49. The largest absolute Gasteiger partial charge is 0.292 e. The van der Waals surface area contributed by atoms with Crippen LogP contribution in [0, 0.1) is 11.6 Å². The first-order valence-electron chi connectivity index (χ1n) is 4.53. The Morgan fingerprint density at radius 3 is 2.88 bits per heavy atom. The fourth-order valence-corrected chi connectivity index (χ4v) is 1.86. The Kier molecular flexibility index (Phi) is 3.05. The normalized spacial score (nSPS) is 10.4. The molecule has 2 aromatic rings. The molecule has 0 N–H and O–H groups in total. The van der Waals surface area contributed by atoms with Crippen LogP contribution < -0.4 is 0 Å². The molecule has 2 nitrogen and oxygen atoms in total. The molecule has 0 spiro atoms. The van der Waals surface area contributed by atoms with E-state index in [0.29, 0.717) is 0 Å². The van der Waals surface area contributed by atoms with Gasteiger partial charge in [-0.3, -0.25) is 4.79 Å². The number of benzene rings is 1. The maximum Gasteiger partial charge on any atom is 0.186 e. The van der Waals surface area contributed by atoms with Crippen LogP contribution in [-0.2, 0) is 6.42 Å². The fourth-order valence-electron chi connectivity index (χ4n) is 1.30. The first-order chi connectivity index (χ1) is 7.68. The minimum absolute atomic E-state index is 0.0537. The summed E-state index contributed by atoms with van der Waals surface area (Å²) in [5.41, 5.74) is 1.86. The number of carbonyl (C=O) groups excluding carboxylic acids is 1. The Morgan fingerprint density at radius 2 is 2.19 bits per heavy atom. The van der Waals surface area contributed by atoms with Gasteiger partial charge in [0.05, 0.1) is 5.51 Å². The van der Waals surface area contributed by atoms with Crippen LogP contribution in [0.2, 0.25) is 0 Å². The molecule has 0 aliphatic heterocycles. The van der Waals surface area contributed by atoms with Crippen molar-refractivity contribution in [3.63, 3.8) is 0 Å². The summed E-state index contributed by atoms with van der Waals surface area (Å²) in [6.07, 6.45) is -0.173. The summed E-state index contributed by atoms with van der Waals surface area (Å²) in [5, 5.41) is 1.58. The summed E-state index contributed by atoms with van der Waals surface area (Å²) in [6, 6.07) is 3.79. The first-order valence-corrected chi connectivity index (χ1v) is 5.47. The van der Waals surface area contributed by atoms with Gasteiger partial charge in [-0.1, -0.05) is 12.1 Å². The predicted molar refractivity (Wildman–Crippen MR) is 56.5 cm³/mol. The molecule has 0 bridgehead atoms. The van der Waals surface area contributed by atoms with Gasteiger partial charge in [-0.2, -0.15) is 0 Å². The Bertz CT molecular complexity index is 511. The topological polar surface area (TPSA) is 30.0 Å². The van der Waals surface area contributed by atoms with E-state index in [9.17, 15) is 13.6 Å². The summed E-state index contributed by atoms with van der Waals surface area (Å²) in [6.45, 7) is 0. The predicted octanol–water partition coefficient (Wildman–Crippen LogP) is 2.85. The third kappa shape index (κ3) is 2.14. The van der Waals surface area contributed by atoms with Gasteiger partial charge >= 0.3 is 0 Å². The third-order valence-corrected chi connectivity index (χ3v) is 2.69. The molecule has 0 aliphatic rings. The van der Waals surface area contributed by atoms with Crippen molar-refractivity contribution in [2.45, 2.75) is 6.42 Å². The van der Waals surface area contributed by atoms with E-state index in [-0.39, 0.29) is 23.5 Å². The number of hydrogen-bond acceptors (Lipinski definition) is 3. The minimum atomic E-state index is -0.967. The molecule has 1 heterocycles. The molecule has 0 amide bonds. The van der Waals surface area contributed by atoms with Crippen LogP contribution in [-0.4, -0.2) is 10.8 Å². The lowest BCUT2D eigenvalue weighted by atomic mass is 10.1. The van der Waals surface area contributed by atoms with Gasteiger partial charge in [-0.05, 0) is 11.6 Å². The minimum Gasteiger partial charge on any atom is -0.292 e. The molecular formula is C11H7F2NOS. The van der Waals surface area contributed by atoms with Gasteiger partial charge in [0.2, 0.25) is 0 Å². The van der Waals surface area contributed by atoms with Crippen molar-refractivity contribution >= 4 is 17.1 Å². The molecule has 0 atom stereocenters. The Hall–Kier alpha value is -1.62. The van der Waals surface area contributed by atoms with Gasteiger partial charge in [0.1, 0.15) is 5.69 Å².